The van der Waals surface area contributed by atoms with Gasteiger partial charge in [0.2, 0.25) is 11.8 Å². The van der Waals surface area contributed by atoms with Gasteiger partial charge in [-0.3, -0.25) is 14.4 Å². The summed E-state index contributed by atoms with van der Waals surface area (Å²) in [5.41, 5.74) is 0. The lowest BCUT2D eigenvalue weighted by Gasteiger charge is -2.17. The van der Waals surface area contributed by atoms with Crippen LogP contribution < -0.4 is 10.6 Å². The molecule has 0 aromatic rings. The largest absolute Gasteiger partial charge is 0.467 e. The molecule has 2 N–H and O–H groups in total. The molecular formula is C19H26N2O5. The van der Waals surface area contributed by atoms with Gasteiger partial charge >= 0.3 is 5.97 Å². The smallest absolute Gasteiger partial charge is 0.328 e. The highest BCUT2D eigenvalue weighted by Gasteiger charge is 2.25. The van der Waals surface area contributed by atoms with Crippen LogP contribution in [0.4, 0.5) is 0 Å². The summed E-state index contributed by atoms with van der Waals surface area (Å²) in [4.78, 5) is 47.7. The van der Waals surface area contributed by atoms with Gasteiger partial charge in [0.1, 0.15) is 6.04 Å². The van der Waals surface area contributed by atoms with Crippen molar-refractivity contribution in [3.8, 4) is 0 Å². The highest BCUT2D eigenvalue weighted by molar-refractivity contribution is 6.04. The van der Waals surface area contributed by atoms with E-state index in [-0.39, 0.29) is 37.0 Å². The Morgan fingerprint density at radius 3 is 2.73 bits per heavy atom. The van der Waals surface area contributed by atoms with E-state index in [4.69, 9.17) is 0 Å². The Morgan fingerprint density at radius 1 is 1.15 bits per heavy atom. The number of ether oxygens (including phenoxy) is 1. The van der Waals surface area contributed by atoms with Crippen molar-refractivity contribution in [2.75, 3.05) is 13.7 Å². The third-order valence-corrected chi connectivity index (χ3v) is 4.84. The zero-order valence-electron chi connectivity index (χ0n) is 15.0. The van der Waals surface area contributed by atoms with Gasteiger partial charge in [0.05, 0.1) is 13.5 Å². The molecule has 0 bridgehead atoms. The first-order chi connectivity index (χ1) is 12.5. The van der Waals surface area contributed by atoms with Crippen molar-refractivity contribution < 1.29 is 23.9 Å². The van der Waals surface area contributed by atoms with Crippen molar-refractivity contribution in [2.24, 2.45) is 11.8 Å². The van der Waals surface area contributed by atoms with Crippen LogP contribution in [0.25, 0.3) is 0 Å². The van der Waals surface area contributed by atoms with Crippen LogP contribution >= 0.6 is 0 Å². The van der Waals surface area contributed by atoms with Crippen molar-refractivity contribution in [3.63, 3.8) is 0 Å². The maximum absolute atomic E-state index is 12.0. The second-order valence-corrected chi connectivity index (χ2v) is 6.72. The Morgan fingerprint density at radius 2 is 1.96 bits per heavy atom. The minimum Gasteiger partial charge on any atom is -0.467 e. The zero-order chi connectivity index (χ0) is 18.9. The molecule has 1 unspecified atom stereocenters. The number of hydrogen-bond donors (Lipinski definition) is 2. The highest BCUT2D eigenvalue weighted by Crippen LogP contribution is 2.35. The molecule has 26 heavy (non-hydrogen) atoms. The van der Waals surface area contributed by atoms with Crippen LogP contribution in [0.5, 0.6) is 0 Å². The zero-order valence-corrected chi connectivity index (χ0v) is 15.0. The molecular weight excluding hydrogens is 336 g/mol. The van der Waals surface area contributed by atoms with E-state index in [2.05, 4.69) is 15.4 Å². The predicted octanol–water partition coefficient (Wildman–Crippen LogP) is 1.04. The standard InChI is InChI=1S/C19H26N2O5/c1-26-19(25)16-10-11-20-17(23)7-3-6-13-4-2-5-14(13)8-9-15(22)12-18(24)21-16/h3,7-9,13-14,16H,2,4-6,10-12H2,1H3,(H,20,23)(H,21,24)/b7-3-,9-8+/t13-,14-,16?/m1/s1. The molecule has 2 amide bonds. The molecule has 2 rings (SSSR count). The molecule has 1 aliphatic heterocycles. The van der Waals surface area contributed by atoms with E-state index in [1.807, 2.05) is 12.2 Å². The van der Waals surface area contributed by atoms with E-state index < -0.39 is 17.9 Å². The number of hydrogen-bond acceptors (Lipinski definition) is 5. The average molecular weight is 362 g/mol. The number of amides is 2. The normalized spacial score (nSPS) is 30.7. The number of fused-ring (bicyclic) bond motifs is 1. The monoisotopic (exact) mass is 362 g/mol. The summed E-state index contributed by atoms with van der Waals surface area (Å²) in [6, 6.07) is -0.902. The van der Waals surface area contributed by atoms with E-state index in [1.54, 1.807) is 0 Å². The first-order valence-electron chi connectivity index (χ1n) is 9.02. The van der Waals surface area contributed by atoms with E-state index >= 15 is 0 Å². The van der Waals surface area contributed by atoms with Crippen molar-refractivity contribution in [3.05, 3.63) is 24.3 Å². The fraction of sp³-hybridized carbons (Fsp3) is 0.579. The highest BCUT2D eigenvalue weighted by atomic mass is 16.5. The van der Waals surface area contributed by atoms with E-state index in [0.717, 1.165) is 25.7 Å². The third-order valence-electron chi connectivity index (χ3n) is 4.84. The molecule has 3 atom stereocenters. The Balaban J connectivity index is 2.10. The Bertz CT molecular complexity index is 611. The van der Waals surface area contributed by atoms with Crippen LogP contribution in [0, 0.1) is 11.8 Å². The van der Waals surface area contributed by atoms with Gasteiger partial charge in [-0.15, -0.1) is 0 Å². The summed E-state index contributed by atoms with van der Waals surface area (Å²) in [6.45, 7) is 0.211. The lowest BCUT2D eigenvalue weighted by molar-refractivity contribution is -0.145. The maximum atomic E-state index is 12.0. The Labute approximate surface area is 153 Å². The minimum atomic E-state index is -0.902. The summed E-state index contributed by atoms with van der Waals surface area (Å²) in [5, 5.41) is 5.19. The minimum absolute atomic E-state index is 0.187. The van der Waals surface area contributed by atoms with E-state index in [0.29, 0.717) is 5.92 Å². The summed E-state index contributed by atoms with van der Waals surface area (Å²) in [7, 11) is 1.22. The molecule has 0 aromatic carbocycles. The Hall–Kier alpha value is -2.44. The van der Waals surface area contributed by atoms with Gasteiger partial charge in [0, 0.05) is 6.54 Å². The molecule has 0 aromatic heterocycles. The second kappa shape index (κ2) is 9.89. The average Bonchev–Trinajstić information content (AvgIpc) is 3.05. The fourth-order valence-corrected chi connectivity index (χ4v) is 3.44. The molecule has 1 heterocycles. The topological polar surface area (TPSA) is 102 Å². The van der Waals surface area contributed by atoms with E-state index in [1.165, 1.54) is 19.3 Å². The van der Waals surface area contributed by atoms with Crippen LogP contribution in [-0.4, -0.2) is 43.3 Å². The van der Waals surface area contributed by atoms with Crippen LogP contribution in [-0.2, 0) is 23.9 Å². The van der Waals surface area contributed by atoms with Crippen molar-refractivity contribution in [2.45, 2.75) is 44.6 Å². The quantitative estimate of drug-likeness (QED) is 0.536. The van der Waals surface area contributed by atoms with Crippen molar-refractivity contribution >= 4 is 23.6 Å². The number of carbonyl (C=O) groups is 4. The lowest BCUT2D eigenvalue weighted by atomic mass is 9.92. The summed E-state index contributed by atoms with van der Waals surface area (Å²) >= 11 is 0. The molecule has 0 saturated heterocycles. The number of rotatable bonds is 1. The number of carbonyl (C=O) groups excluding carboxylic acids is 4. The molecule has 7 nitrogen and oxygen atoms in total. The van der Waals surface area contributed by atoms with Gasteiger partial charge in [-0.2, -0.15) is 0 Å². The molecule has 7 heteroatoms. The number of ketones is 1. The lowest BCUT2D eigenvalue weighted by Crippen LogP contribution is -2.44. The molecule has 142 valence electrons. The molecule has 1 saturated carbocycles. The molecule has 1 aliphatic carbocycles. The van der Waals surface area contributed by atoms with Crippen LogP contribution in [0.2, 0.25) is 0 Å². The summed E-state index contributed by atoms with van der Waals surface area (Å²) in [6.07, 6.45) is 10.5. The SMILES string of the molecule is COC(=O)C1CCNC(=O)/C=C\C[C@H]2CCC[C@@H]2/C=C/C(=O)CC(=O)N1. The van der Waals surface area contributed by atoms with Gasteiger partial charge in [-0.25, -0.2) is 4.79 Å². The molecule has 0 radical (unpaired) electrons. The third kappa shape index (κ3) is 6.13. The predicted molar refractivity (Wildman–Crippen MR) is 94.9 cm³/mol. The Kier molecular flexibility index (Phi) is 7.56. The number of nitrogens with one attached hydrogen (secondary N) is 2. The van der Waals surface area contributed by atoms with Gasteiger partial charge in [0.15, 0.2) is 5.78 Å². The maximum Gasteiger partial charge on any atom is 0.328 e. The summed E-state index contributed by atoms with van der Waals surface area (Å²) in [5.74, 6) is -0.962. The molecule has 2 aliphatic rings. The number of esters is 1. The summed E-state index contributed by atoms with van der Waals surface area (Å²) < 4.78 is 4.67. The van der Waals surface area contributed by atoms with Gasteiger partial charge in [-0.05, 0) is 49.7 Å². The van der Waals surface area contributed by atoms with Crippen molar-refractivity contribution in [1.82, 2.24) is 10.6 Å². The van der Waals surface area contributed by atoms with Gasteiger partial charge < -0.3 is 15.4 Å². The first-order valence-corrected chi connectivity index (χ1v) is 9.02. The molecule has 0 spiro atoms. The van der Waals surface area contributed by atoms with Crippen LogP contribution in [0.3, 0.4) is 0 Å². The van der Waals surface area contributed by atoms with Crippen LogP contribution in [0.1, 0.15) is 38.5 Å². The van der Waals surface area contributed by atoms with Crippen molar-refractivity contribution in [1.29, 1.82) is 0 Å². The fourth-order valence-electron chi connectivity index (χ4n) is 3.44. The van der Waals surface area contributed by atoms with Crippen LogP contribution in [0.15, 0.2) is 24.3 Å². The van der Waals surface area contributed by atoms with Gasteiger partial charge in [-0.1, -0.05) is 18.6 Å². The second-order valence-electron chi connectivity index (χ2n) is 6.72. The first kappa shape index (κ1) is 19.9. The number of methoxy groups -OCH3 is 1. The number of allylic oxidation sites excluding steroid dienone is 3. The van der Waals surface area contributed by atoms with Gasteiger partial charge in [0.25, 0.3) is 0 Å². The van der Waals surface area contributed by atoms with E-state index in [9.17, 15) is 19.2 Å². The molecule has 1 fully saturated rings.